The van der Waals surface area contributed by atoms with Crippen molar-refractivity contribution in [2.24, 2.45) is 0 Å². The number of para-hydroxylation sites is 1. The van der Waals surface area contributed by atoms with Crippen molar-refractivity contribution in [3.63, 3.8) is 0 Å². The van der Waals surface area contributed by atoms with E-state index in [0.29, 0.717) is 18.7 Å². The zero-order chi connectivity index (χ0) is 27.9. The molecule has 0 aromatic heterocycles. The highest BCUT2D eigenvalue weighted by Gasteiger charge is 2.33. The summed E-state index contributed by atoms with van der Waals surface area (Å²) < 4.78 is 29.1. The fourth-order valence-electron chi connectivity index (χ4n) is 4.32. The summed E-state index contributed by atoms with van der Waals surface area (Å²) in [5.41, 5.74) is 4.07. The zero-order valence-electron chi connectivity index (χ0n) is 22.8. The Morgan fingerprint density at radius 1 is 0.895 bits per heavy atom. The molecule has 38 heavy (non-hydrogen) atoms. The molecule has 0 bridgehead atoms. The average Bonchev–Trinajstić information content (AvgIpc) is 2.90. The molecule has 0 saturated carbocycles. The van der Waals surface area contributed by atoms with Crippen LogP contribution >= 0.6 is 0 Å². The lowest BCUT2D eigenvalue weighted by molar-refractivity contribution is -0.139. The molecule has 3 aromatic carbocycles. The summed E-state index contributed by atoms with van der Waals surface area (Å²) in [6, 6.07) is 20.7. The maximum absolute atomic E-state index is 14.0. The number of rotatable bonds is 11. The van der Waals surface area contributed by atoms with Gasteiger partial charge in [-0.15, -0.1) is 0 Å². The van der Waals surface area contributed by atoms with Gasteiger partial charge in [-0.3, -0.25) is 13.9 Å². The first-order chi connectivity index (χ1) is 18.1. The molecule has 0 radical (unpaired) electrons. The van der Waals surface area contributed by atoms with Crippen LogP contribution in [0.5, 0.6) is 0 Å². The highest BCUT2D eigenvalue weighted by molar-refractivity contribution is 7.92. The molecule has 0 unspecified atom stereocenters. The van der Waals surface area contributed by atoms with Crippen LogP contribution in [0.3, 0.4) is 0 Å². The molecule has 0 fully saturated rings. The number of anilines is 1. The quantitative estimate of drug-likeness (QED) is 0.388. The van der Waals surface area contributed by atoms with Crippen molar-refractivity contribution in [3.05, 3.63) is 95.1 Å². The monoisotopic (exact) mass is 535 g/mol. The van der Waals surface area contributed by atoms with Crippen LogP contribution in [0.1, 0.15) is 43.0 Å². The van der Waals surface area contributed by atoms with Gasteiger partial charge in [0.25, 0.3) is 10.0 Å². The Labute approximate surface area is 226 Å². The third kappa shape index (κ3) is 6.81. The molecular formula is C30H37N3O4S. The predicted octanol–water partition coefficient (Wildman–Crippen LogP) is 4.61. The fourth-order valence-corrected chi connectivity index (χ4v) is 5.77. The Kier molecular flexibility index (Phi) is 9.69. The number of nitrogens with one attached hydrogen (secondary N) is 1. The van der Waals surface area contributed by atoms with E-state index in [-0.39, 0.29) is 17.3 Å². The Balaban J connectivity index is 2.07. The molecule has 202 valence electrons. The summed E-state index contributed by atoms with van der Waals surface area (Å²) >= 11 is 0. The second kappa shape index (κ2) is 12.7. The molecule has 7 nitrogen and oxygen atoms in total. The largest absolute Gasteiger partial charge is 0.355 e. The normalized spacial score (nSPS) is 12.0. The molecule has 0 aliphatic rings. The van der Waals surface area contributed by atoms with Gasteiger partial charge in [0, 0.05) is 13.1 Å². The second-order valence-corrected chi connectivity index (χ2v) is 11.3. The molecule has 0 aliphatic carbocycles. The average molecular weight is 536 g/mol. The smallest absolute Gasteiger partial charge is 0.264 e. The van der Waals surface area contributed by atoms with Gasteiger partial charge in [-0.25, -0.2) is 8.42 Å². The molecule has 0 spiro atoms. The van der Waals surface area contributed by atoms with E-state index >= 15 is 0 Å². The second-order valence-electron chi connectivity index (χ2n) is 9.39. The number of carbonyl (C=O) groups is 2. The predicted molar refractivity (Wildman–Crippen MR) is 151 cm³/mol. The van der Waals surface area contributed by atoms with E-state index in [2.05, 4.69) is 5.32 Å². The Morgan fingerprint density at radius 2 is 1.58 bits per heavy atom. The summed E-state index contributed by atoms with van der Waals surface area (Å²) in [6.07, 6.45) is 0.590. The van der Waals surface area contributed by atoms with E-state index in [9.17, 15) is 18.0 Å². The minimum Gasteiger partial charge on any atom is -0.355 e. The summed E-state index contributed by atoms with van der Waals surface area (Å²) in [7, 11) is -4.08. The number of likely N-dealkylation sites (N-methyl/N-ethyl adjacent to an activating group) is 1. The van der Waals surface area contributed by atoms with Gasteiger partial charge in [0.2, 0.25) is 11.8 Å². The van der Waals surface area contributed by atoms with E-state index in [1.807, 2.05) is 64.1 Å². The van der Waals surface area contributed by atoms with Gasteiger partial charge in [-0.2, -0.15) is 0 Å². The van der Waals surface area contributed by atoms with Crippen LogP contribution in [0, 0.1) is 13.8 Å². The molecule has 0 heterocycles. The number of benzene rings is 3. The third-order valence-corrected chi connectivity index (χ3v) is 8.26. The lowest BCUT2D eigenvalue weighted by Crippen LogP contribution is -2.51. The molecule has 2 amide bonds. The summed E-state index contributed by atoms with van der Waals surface area (Å²) in [5, 5.41) is 2.78. The molecule has 0 aliphatic heterocycles. The van der Waals surface area contributed by atoms with E-state index in [4.69, 9.17) is 0 Å². The highest BCUT2D eigenvalue weighted by atomic mass is 32.2. The van der Waals surface area contributed by atoms with Gasteiger partial charge in [0.05, 0.1) is 10.6 Å². The lowest BCUT2D eigenvalue weighted by Gasteiger charge is -2.32. The molecule has 3 rings (SSSR count). The van der Waals surface area contributed by atoms with Gasteiger partial charge < -0.3 is 10.2 Å². The minimum absolute atomic E-state index is 0.101. The first-order valence-corrected chi connectivity index (χ1v) is 14.3. The lowest BCUT2D eigenvalue weighted by atomic mass is 10.1. The van der Waals surface area contributed by atoms with Crippen LogP contribution in [-0.2, 0) is 32.6 Å². The van der Waals surface area contributed by atoms with E-state index in [1.54, 1.807) is 43.3 Å². The van der Waals surface area contributed by atoms with Crippen LogP contribution < -0.4 is 9.62 Å². The molecule has 8 heteroatoms. The SMILES string of the molecule is CCNC(=O)[C@@H](C)N(Cc1cccc(C)c1)C(=O)CN(c1ccccc1CC)S(=O)(=O)c1ccc(C)cc1. The standard InChI is InChI=1S/C30H37N3O4S/c1-6-26-13-8-9-14-28(26)33(38(36,37)27-17-15-22(3)16-18-27)21-29(34)32(24(5)30(35)31-7-2)20-25-12-10-11-23(4)19-25/h8-19,24H,6-7,20-21H2,1-5H3,(H,31,35)/t24-/m1/s1. The molecule has 1 atom stereocenters. The van der Waals surface area contributed by atoms with Crippen molar-refractivity contribution in [3.8, 4) is 0 Å². The van der Waals surface area contributed by atoms with E-state index in [0.717, 1.165) is 22.3 Å². The van der Waals surface area contributed by atoms with Gasteiger partial charge in [0.1, 0.15) is 12.6 Å². The Hall–Kier alpha value is -3.65. The molecular weight excluding hydrogens is 498 g/mol. The van der Waals surface area contributed by atoms with Crippen molar-refractivity contribution < 1.29 is 18.0 Å². The highest BCUT2D eigenvalue weighted by Crippen LogP contribution is 2.28. The van der Waals surface area contributed by atoms with Crippen molar-refractivity contribution in [1.82, 2.24) is 10.2 Å². The number of aryl methyl sites for hydroxylation is 3. The first-order valence-electron chi connectivity index (χ1n) is 12.9. The van der Waals surface area contributed by atoms with Crippen LogP contribution in [0.15, 0.2) is 77.7 Å². The summed E-state index contributed by atoms with van der Waals surface area (Å²) in [4.78, 5) is 28.3. The third-order valence-electron chi connectivity index (χ3n) is 6.48. The van der Waals surface area contributed by atoms with Gasteiger partial charge in [-0.05, 0) is 63.4 Å². The number of nitrogens with zero attached hydrogens (tertiary/aromatic N) is 2. The number of sulfonamides is 1. The molecule has 0 saturated heterocycles. The van der Waals surface area contributed by atoms with Crippen molar-refractivity contribution in [2.45, 2.75) is 58.5 Å². The van der Waals surface area contributed by atoms with Gasteiger partial charge in [-0.1, -0.05) is 72.6 Å². The number of carbonyl (C=O) groups excluding carboxylic acids is 2. The Morgan fingerprint density at radius 3 is 2.21 bits per heavy atom. The molecule has 3 aromatic rings. The van der Waals surface area contributed by atoms with Crippen molar-refractivity contribution >= 4 is 27.5 Å². The Bertz CT molecular complexity index is 1370. The number of amides is 2. The van der Waals surface area contributed by atoms with Gasteiger partial charge in [0.15, 0.2) is 0 Å². The molecule has 1 N–H and O–H groups in total. The first kappa shape index (κ1) is 28.9. The fraction of sp³-hybridized carbons (Fsp3) is 0.333. The van der Waals surface area contributed by atoms with Crippen LogP contribution in [0.25, 0.3) is 0 Å². The van der Waals surface area contributed by atoms with Gasteiger partial charge >= 0.3 is 0 Å². The topological polar surface area (TPSA) is 86.8 Å². The summed E-state index contributed by atoms with van der Waals surface area (Å²) in [6.45, 7) is 9.42. The number of hydrogen-bond donors (Lipinski definition) is 1. The van der Waals surface area contributed by atoms with E-state index < -0.39 is 28.5 Å². The zero-order valence-corrected chi connectivity index (χ0v) is 23.6. The maximum atomic E-state index is 14.0. The van der Waals surface area contributed by atoms with Crippen LogP contribution in [-0.4, -0.2) is 44.3 Å². The number of hydrogen-bond acceptors (Lipinski definition) is 4. The van der Waals surface area contributed by atoms with Crippen molar-refractivity contribution in [1.29, 1.82) is 0 Å². The maximum Gasteiger partial charge on any atom is 0.264 e. The minimum atomic E-state index is -4.08. The van der Waals surface area contributed by atoms with Crippen LogP contribution in [0.4, 0.5) is 5.69 Å². The summed E-state index contributed by atoms with van der Waals surface area (Å²) in [5.74, 6) is -0.762. The van der Waals surface area contributed by atoms with Crippen LogP contribution in [0.2, 0.25) is 0 Å². The van der Waals surface area contributed by atoms with E-state index in [1.165, 1.54) is 9.21 Å². The van der Waals surface area contributed by atoms with Crippen molar-refractivity contribution in [2.75, 3.05) is 17.4 Å².